The first kappa shape index (κ1) is 16.1. The van der Waals surface area contributed by atoms with E-state index in [2.05, 4.69) is 56.2 Å². The SMILES string of the molecule is CCNC(=NCC1CCc2nnc(C)n2C1)N1CCc2ccccc21. The highest BCUT2D eigenvalue weighted by molar-refractivity contribution is 5.97. The fourth-order valence-electron chi connectivity index (χ4n) is 3.85. The van der Waals surface area contributed by atoms with E-state index < -0.39 is 0 Å². The van der Waals surface area contributed by atoms with Crippen molar-refractivity contribution >= 4 is 11.6 Å². The molecule has 25 heavy (non-hydrogen) atoms. The first-order valence-electron chi connectivity index (χ1n) is 9.28. The van der Waals surface area contributed by atoms with E-state index >= 15 is 0 Å². The molecule has 0 bridgehead atoms. The molecular weight excluding hydrogens is 312 g/mol. The summed E-state index contributed by atoms with van der Waals surface area (Å²) in [6.07, 6.45) is 3.23. The third-order valence-corrected chi connectivity index (χ3v) is 5.21. The molecule has 0 radical (unpaired) electrons. The minimum atomic E-state index is 0.550. The maximum Gasteiger partial charge on any atom is 0.198 e. The summed E-state index contributed by atoms with van der Waals surface area (Å²) in [7, 11) is 0. The van der Waals surface area contributed by atoms with Gasteiger partial charge in [-0.25, -0.2) is 0 Å². The molecule has 132 valence electrons. The van der Waals surface area contributed by atoms with Crippen LogP contribution in [0.25, 0.3) is 0 Å². The summed E-state index contributed by atoms with van der Waals surface area (Å²) in [6.45, 7) is 7.88. The fraction of sp³-hybridized carbons (Fsp3) is 0.526. The minimum Gasteiger partial charge on any atom is -0.356 e. The molecule has 0 spiro atoms. The van der Waals surface area contributed by atoms with Crippen LogP contribution < -0.4 is 10.2 Å². The van der Waals surface area contributed by atoms with Gasteiger partial charge >= 0.3 is 0 Å². The van der Waals surface area contributed by atoms with Crippen LogP contribution in [0.5, 0.6) is 0 Å². The number of para-hydroxylation sites is 1. The van der Waals surface area contributed by atoms with Crippen LogP contribution in [0.3, 0.4) is 0 Å². The number of fused-ring (bicyclic) bond motifs is 2. The highest BCUT2D eigenvalue weighted by atomic mass is 15.3. The van der Waals surface area contributed by atoms with E-state index in [0.29, 0.717) is 5.92 Å². The molecule has 1 aromatic carbocycles. The average Bonchev–Trinajstić information content (AvgIpc) is 3.23. The Morgan fingerprint density at radius 2 is 2.16 bits per heavy atom. The molecular formula is C19H26N6. The number of benzene rings is 1. The van der Waals surface area contributed by atoms with Gasteiger partial charge in [-0.3, -0.25) is 4.99 Å². The monoisotopic (exact) mass is 338 g/mol. The van der Waals surface area contributed by atoms with Crippen molar-refractivity contribution in [3.63, 3.8) is 0 Å². The minimum absolute atomic E-state index is 0.550. The van der Waals surface area contributed by atoms with Crippen molar-refractivity contribution in [1.82, 2.24) is 20.1 Å². The number of guanidine groups is 1. The quantitative estimate of drug-likeness (QED) is 0.688. The number of aromatic nitrogens is 3. The molecule has 0 fully saturated rings. The number of anilines is 1. The summed E-state index contributed by atoms with van der Waals surface area (Å²) in [6, 6.07) is 8.64. The molecule has 0 aliphatic carbocycles. The highest BCUT2D eigenvalue weighted by Crippen LogP contribution is 2.27. The molecule has 0 saturated heterocycles. The van der Waals surface area contributed by atoms with E-state index in [9.17, 15) is 0 Å². The van der Waals surface area contributed by atoms with Crippen LogP contribution in [0.15, 0.2) is 29.3 Å². The molecule has 1 N–H and O–H groups in total. The molecule has 2 aliphatic heterocycles. The Balaban J connectivity index is 1.49. The number of nitrogens with one attached hydrogen (secondary N) is 1. The lowest BCUT2D eigenvalue weighted by Crippen LogP contribution is -2.41. The summed E-state index contributed by atoms with van der Waals surface area (Å²) in [5.74, 6) is 3.70. The zero-order chi connectivity index (χ0) is 17.2. The van der Waals surface area contributed by atoms with Crippen LogP contribution in [-0.2, 0) is 19.4 Å². The summed E-state index contributed by atoms with van der Waals surface area (Å²) < 4.78 is 2.25. The second-order valence-corrected chi connectivity index (χ2v) is 6.90. The van der Waals surface area contributed by atoms with Crippen molar-refractivity contribution in [3.8, 4) is 0 Å². The Hall–Kier alpha value is -2.37. The standard InChI is InChI=1S/C19H26N6/c1-3-20-19(24-11-10-16-6-4-5-7-17(16)24)21-12-15-8-9-18-23-22-14(2)25(18)13-15/h4-7,15H,3,8-13H2,1-2H3,(H,20,21). The van der Waals surface area contributed by atoms with Gasteiger partial charge in [0.15, 0.2) is 5.96 Å². The molecule has 2 aromatic rings. The molecule has 6 heteroatoms. The second-order valence-electron chi connectivity index (χ2n) is 6.90. The van der Waals surface area contributed by atoms with Crippen molar-refractivity contribution in [2.45, 2.75) is 39.7 Å². The van der Waals surface area contributed by atoms with Crippen molar-refractivity contribution in [1.29, 1.82) is 0 Å². The molecule has 4 rings (SSSR count). The van der Waals surface area contributed by atoms with E-state index in [1.165, 1.54) is 11.3 Å². The van der Waals surface area contributed by atoms with Gasteiger partial charge in [0.2, 0.25) is 0 Å². The average molecular weight is 338 g/mol. The van der Waals surface area contributed by atoms with Gasteiger partial charge in [-0.05, 0) is 44.2 Å². The predicted octanol–water partition coefficient (Wildman–Crippen LogP) is 2.18. The van der Waals surface area contributed by atoms with Gasteiger partial charge < -0.3 is 14.8 Å². The van der Waals surface area contributed by atoms with Crippen LogP contribution in [-0.4, -0.2) is 40.4 Å². The van der Waals surface area contributed by atoms with Crippen LogP contribution >= 0.6 is 0 Å². The number of hydrogen-bond donors (Lipinski definition) is 1. The van der Waals surface area contributed by atoms with E-state index in [-0.39, 0.29) is 0 Å². The number of rotatable bonds is 3. The maximum atomic E-state index is 4.98. The molecule has 2 aliphatic rings. The predicted molar refractivity (Wildman–Crippen MR) is 100 cm³/mol. The summed E-state index contributed by atoms with van der Waals surface area (Å²) >= 11 is 0. The van der Waals surface area contributed by atoms with Gasteiger partial charge in [0.1, 0.15) is 11.6 Å². The molecule has 1 unspecified atom stereocenters. The van der Waals surface area contributed by atoms with E-state index in [1.807, 2.05) is 6.92 Å². The summed E-state index contributed by atoms with van der Waals surface area (Å²) in [5, 5.41) is 11.9. The molecule has 1 aromatic heterocycles. The largest absolute Gasteiger partial charge is 0.356 e. The van der Waals surface area contributed by atoms with Crippen LogP contribution in [0.2, 0.25) is 0 Å². The third-order valence-electron chi connectivity index (χ3n) is 5.21. The van der Waals surface area contributed by atoms with Gasteiger partial charge in [0.25, 0.3) is 0 Å². The Labute approximate surface area is 149 Å². The van der Waals surface area contributed by atoms with Crippen molar-refractivity contribution in [3.05, 3.63) is 41.5 Å². The normalized spacial score (nSPS) is 19.7. The summed E-state index contributed by atoms with van der Waals surface area (Å²) in [4.78, 5) is 7.31. The lowest BCUT2D eigenvalue weighted by atomic mass is 9.99. The topological polar surface area (TPSA) is 58.3 Å². The second kappa shape index (κ2) is 6.86. The van der Waals surface area contributed by atoms with Gasteiger partial charge in [-0.1, -0.05) is 18.2 Å². The number of nitrogens with zero attached hydrogens (tertiary/aromatic N) is 5. The van der Waals surface area contributed by atoms with Gasteiger partial charge in [0, 0.05) is 38.3 Å². The Kier molecular flexibility index (Phi) is 4.42. The Morgan fingerprint density at radius 3 is 3.04 bits per heavy atom. The molecule has 0 amide bonds. The van der Waals surface area contributed by atoms with E-state index in [0.717, 1.165) is 63.0 Å². The van der Waals surface area contributed by atoms with Gasteiger partial charge in [-0.15, -0.1) is 10.2 Å². The molecule has 1 atom stereocenters. The number of aliphatic imine (C=N–C) groups is 1. The molecule has 3 heterocycles. The molecule has 0 saturated carbocycles. The lowest BCUT2D eigenvalue weighted by Gasteiger charge is -2.25. The Morgan fingerprint density at radius 1 is 1.28 bits per heavy atom. The maximum absolute atomic E-state index is 4.98. The molecule has 6 nitrogen and oxygen atoms in total. The van der Waals surface area contributed by atoms with E-state index in [4.69, 9.17) is 4.99 Å². The van der Waals surface area contributed by atoms with Crippen LogP contribution in [0.1, 0.15) is 30.6 Å². The van der Waals surface area contributed by atoms with Gasteiger partial charge in [-0.2, -0.15) is 0 Å². The van der Waals surface area contributed by atoms with Crippen LogP contribution in [0, 0.1) is 12.8 Å². The smallest absolute Gasteiger partial charge is 0.198 e. The first-order chi connectivity index (χ1) is 12.3. The van der Waals surface area contributed by atoms with Crippen molar-refractivity contribution in [2.75, 3.05) is 24.5 Å². The zero-order valence-corrected chi connectivity index (χ0v) is 15.1. The number of hydrogen-bond acceptors (Lipinski definition) is 3. The lowest BCUT2D eigenvalue weighted by molar-refractivity contribution is 0.370. The zero-order valence-electron chi connectivity index (χ0n) is 15.1. The first-order valence-corrected chi connectivity index (χ1v) is 9.28. The van der Waals surface area contributed by atoms with Gasteiger partial charge in [0.05, 0.1) is 0 Å². The van der Waals surface area contributed by atoms with Crippen LogP contribution in [0.4, 0.5) is 5.69 Å². The highest BCUT2D eigenvalue weighted by Gasteiger charge is 2.24. The van der Waals surface area contributed by atoms with Crippen molar-refractivity contribution in [2.24, 2.45) is 10.9 Å². The summed E-state index contributed by atoms with van der Waals surface area (Å²) in [5.41, 5.74) is 2.71. The Bertz CT molecular complexity index is 778. The fourth-order valence-corrected chi connectivity index (χ4v) is 3.85. The van der Waals surface area contributed by atoms with E-state index in [1.54, 1.807) is 0 Å². The third kappa shape index (κ3) is 3.13. The van der Waals surface area contributed by atoms with Crippen molar-refractivity contribution < 1.29 is 0 Å². The number of aryl methyl sites for hydroxylation is 2.